The van der Waals surface area contributed by atoms with Crippen molar-refractivity contribution in [3.63, 3.8) is 0 Å². The van der Waals surface area contributed by atoms with Crippen molar-refractivity contribution in [2.75, 3.05) is 27.4 Å². The number of methoxy groups -OCH3 is 2. The molecule has 0 bridgehead atoms. The number of sulfonamides is 1. The molecule has 0 atom stereocenters. The van der Waals surface area contributed by atoms with E-state index < -0.39 is 10.0 Å². The predicted octanol–water partition coefficient (Wildman–Crippen LogP) is 2.62. The Morgan fingerprint density at radius 1 is 0.960 bits per heavy atom. The third-order valence-corrected chi connectivity index (χ3v) is 5.14. The van der Waals surface area contributed by atoms with Crippen LogP contribution in [0.3, 0.4) is 0 Å². The molecule has 2 aromatic carbocycles. The van der Waals surface area contributed by atoms with Gasteiger partial charge in [0.05, 0.1) is 19.1 Å². The maximum absolute atomic E-state index is 12.3. The fraction of sp³-hybridized carbons (Fsp3) is 0.333. The Hall–Kier alpha value is -2.25. The van der Waals surface area contributed by atoms with Crippen LogP contribution in [0.4, 0.5) is 0 Å². The van der Waals surface area contributed by atoms with E-state index in [1.165, 1.54) is 7.11 Å². The van der Waals surface area contributed by atoms with E-state index in [9.17, 15) is 8.42 Å². The van der Waals surface area contributed by atoms with Crippen molar-refractivity contribution in [2.24, 2.45) is 0 Å². The summed E-state index contributed by atoms with van der Waals surface area (Å²) in [6, 6.07) is 12.1. The highest BCUT2D eigenvalue weighted by Crippen LogP contribution is 2.36. The third kappa shape index (κ3) is 4.87. The second-order valence-corrected chi connectivity index (χ2v) is 7.00. The summed E-state index contributed by atoms with van der Waals surface area (Å²) in [7, 11) is -0.492. The lowest BCUT2D eigenvalue weighted by atomic mass is 10.2. The van der Waals surface area contributed by atoms with E-state index in [-0.39, 0.29) is 18.0 Å². The molecule has 1 N–H and O–H groups in total. The van der Waals surface area contributed by atoms with Crippen LogP contribution in [-0.4, -0.2) is 35.8 Å². The number of hydrogen-bond donors (Lipinski definition) is 1. The van der Waals surface area contributed by atoms with Gasteiger partial charge in [0.1, 0.15) is 6.61 Å². The van der Waals surface area contributed by atoms with Gasteiger partial charge in [-0.2, -0.15) is 0 Å². The summed E-state index contributed by atoms with van der Waals surface area (Å²) < 4.78 is 43.1. The van der Waals surface area contributed by atoms with E-state index >= 15 is 0 Å². The van der Waals surface area contributed by atoms with Gasteiger partial charge in [-0.3, -0.25) is 0 Å². The maximum atomic E-state index is 12.3. The molecule has 7 heteroatoms. The number of hydrogen-bond acceptors (Lipinski definition) is 5. The second kappa shape index (κ2) is 8.73. The van der Waals surface area contributed by atoms with E-state index in [0.29, 0.717) is 17.2 Å². The molecule has 0 heterocycles. The molecule has 0 saturated heterocycles. The lowest BCUT2D eigenvalue weighted by Crippen LogP contribution is -2.28. The third-order valence-electron chi connectivity index (χ3n) is 3.66. The molecule has 0 aliphatic carbocycles. The number of benzene rings is 2. The van der Waals surface area contributed by atoms with Gasteiger partial charge in [-0.25, -0.2) is 13.1 Å². The van der Waals surface area contributed by atoms with Gasteiger partial charge in [0, 0.05) is 6.54 Å². The Morgan fingerprint density at radius 2 is 1.64 bits per heavy atom. The highest BCUT2D eigenvalue weighted by molar-refractivity contribution is 7.89. The Kier molecular flexibility index (Phi) is 6.66. The second-order valence-electron chi connectivity index (χ2n) is 5.24. The van der Waals surface area contributed by atoms with Gasteiger partial charge in [-0.15, -0.1) is 0 Å². The van der Waals surface area contributed by atoms with Crippen molar-refractivity contribution in [3.05, 3.63) is 48.0 Å². The van der Waals surface area contributed by atoms with Crippen LogP contribution in [0.1, 0.15) is 12.5 Å². The van der Waals surface area contributed by atoms with Crippen LogP contribution < -0.4 is 18.9 Å². The van der Waals surface area contributed by atoms with Crippen molar-refractivity contribution in [3.8, 4) is 17.2 Å². The van der Waals surface area contributed by atoms with Crippen LogP contribution in [0.15, 0.2) is 47.4 Å². The van der Waals surface area contributed by atoms with Gasteiger partial charge in [-0.05, 0) is 36.2 Å². The summed E-state index contributed by atoms with van der Waals surface area (Å²) in [5.41, 5.74) is 1.09. The first-order valence-electron chi connectivity index (χ1n) is 7.94. The van der Waals surface area contributed by atoms with Crippen molar-refractivity contribution < 1.29 is 22.6 Å². The summed E-state index contributed by atoms with van der Waals surface area (Å²) in [5.74, 6) is 1.52. The van der Waals surface area contributed by atoms with Crippen molar-refractivity contribution >= 4 is 10.0 Å². The van der Waals surface area contributed by atoms with Gasteiger partial charge < -0.3 is 14.2 Å². The minimum absolute atomic E-state index is 0.137. The first-order valence-corrected chi connectivity index (χ1v) is 9.42. The standard InChI is InChI=1S/C18H23NO5S/c1-4-14-8-10-15(11-9-14)25(20,21)19-12-13-24-17-7-5-6-16(22-2)18(17)23-3/h5-11,19H,4,12-13H2,1-3H3. The number of nitrogens with one attached hydrogen (secondary N) is 1. The molecule has 2 rings (SSSR count). The lowest BCUT2D eigenvalue weighted by Gasteiger charge is -2.14. The van der Waals surface area contributed by atoms with Gasteiger partial charge in [0.25, 0.3) is 0 Å². The number of ether oxygens (including phenoxy) is 3. The first kappa shape index (κ1) is 19.1. The monoisotopic (exact) mass is 365 g/mol. The van der Waals surface area contributed by atoms with Crippen molar-refractivity contribution in [1.29, 1.82) is 0 Å². The first-order chi connectivity index (χ1) is 12.0. The number of rotatable bonds is 9. The molecule has 0 amide bonds. The van der Waals surface area contributed by atoms with Gasteiger partial charge >= 0.3 is 0 Å². The van der Waals surface area contributed by atoms with E-state index in [2.05, 4.69) is 4.72 Å². The van der Waals surface area contributed by atoms with Crippen LogP contribution in [0.2, 0.25) is 0 Å². The zero-order valence-corrected chi connectivity index (χ0v) is 15.4. The average molecular weight is 365 g/mol. The SMILES string of the molecule is CCc1ccc(S(=O)(=O)NCCOc2cccc(OC)c2OC)cc1. The fourth-order valence-corrected chi connectivity index (χ4v) is 3.31. The molecular weight excluding hydrogens is 342 g/mol. The molecule has 25 heavy (non-hydrogen) atoms. The Morgan fingerprint density at radius 3 is 2.24 bits per heavy atom. The summed E-state index contributed by atoms with van der Waals surface area (Å²) in [4.78, 5) is 0.240. The minimum atomic E-state index is -3.55. The molecule has 0 fully saturated rings. The summed E-state index contributed by atoms with van der Waals surface area (Å²) in [6.45, 7) is 2.32. The molecule has 0 spiro atoms. The zero-order chi connectivity index (χ0) is 18.3. The Labute approximate surface area is 148 Å². The van der Waals surface area contributed by atoms with Crippen molar-refractivity contribution in [2.45, 2.75) is 18.2 Å². The van der Waals surface area contributed by atoms with Crippen LogP contribution in [-0.2, 0) is 16.4 Å². The largest absolute Gasteiger partial charge is 0.493 e. The molecule has 0 unspecified atom stereocenters. The van der Waals surface area contributed by atoms with E-state index in [1.807, 2.05) is 19.1 Å². The molecular formula is C18H23NO5S. The van der Waals surface area contributed by atoms with Gasteiger partial charge in [0.15, 0.2) is 11.5 Å². The van der Waals surface area contributed by atoms with Crippen molar-refractivity contribution in [1.82, 2.24) is 4.72 Å². The zero-order valence-electron chi connectivity index (χ0n) is 14.6. The van der Waals surface area contributed by atoms with Crippen LogP contribution >= 0.6 is 0 Å². The van der Waals surface area contributed by atoms with Crippen LogP contribution in [0.5, 0.6) is 17.2 Å². The Balaban J connectivity index is 1.94. The molecule has 136 valence electrons. The highest BCUT2D eigenvalue weighted by Gasteiger charge is 2.14. The fourth-order valence-electron chi connectivity index (χ4n) is 2.30. The molecule has 0 aromatic heterocycles. The van der Waals surface area contributed by atoms with Crippen LogP contribution in [0, 0.1) is 0 Å². The number of aryl methyl sites for hydroxylation is 1. The minimum Gasteiger partial charge on any atom is -0.493 e. The molecule has 0 aliphatic rings. The normalized spacial score (nSPS) is 11.2. The van der Waals surface area contributed by atoms with Gasteiger partial charge in [0.2, 0.25) is 15.8 Å². The molecule has 2 aromatic rings. The highest BCUT2D eigenvalue weighted by atomic mass is 32.2. The predicted molar refractivity (Wildman–Crippen MR) is 96.0 cm³/mol. The molecule has 6 nitrogen and oxygen atoms in total. The van der Waals surface area contributed by atoms with E-state index in [1.54, 1.807) is 37.4 Å². The average Bonchev–Trinajstić information content (AvgIpc) is 2.64. The molecule has 0 saturated carbocycles. The lowest BCUT2D eigenvalue weighted by molar-refractivity contribution is 0.287. The van der Waals surface area contributed by atoms with Gasteiger partial charge in [-0.1, -0.05) is 25.1 Å². The Bertz CT molecular complexity index is 788. The topological polar surface area (TPSA) is 73.9 Å². The smallest absolute Gasteiger partial charge is 0.240 e. The quantitative estimate of drug-likeness (QED) is 0.692. The maximum Gasteiger partial charge on any atom is 0.240 e. The summed E-state index contributed by atoms with van der Waals surface area (Å²) >= 11 is 0. The summed E-state index contributed by atoms with van der Waals surface area (Å²) in [5, 5.41) is 0. The van der Waals surface area contributed by atoms with E-state index in [0.717, 1.165) is 12.0 Å². The molecule has 0 aliphatic heterocycles. The van der Waals surface area contributed by atoms with E-state index in [4.69, 9.17) is 14.2 Å². The molecule has 0 radical (unpaired) electrons. The number of para-hydroxylation sites is 1. The summed E-state index contributed by atoms with van der Waals surface area (Å²) in [6.07, 6.45) is 0.865. The van der Waals surface area contributed by atoms with Crippen LogP contribution in [0.25, 0.3) is 0 Å².